The van der Waals surface area contributed by atoms with Gasteiger partial charge in [0.15, 0.2) is 6.61 Å². The second-order valence-electron chi connectivity index (χ2n) is 5.70. The Morgan fingerprint density at radius 2 is 1.70 bits per heavy atom. The van der Waals surface area contributed by atoms with Crippen molar-refractivity contribution in [2.75, 3.05) is 6.61 Å². The Morgan fingerprint density at radius 3 is 2.13 bits per heavy atom. The van der Waals surface area contributed by atoms with Gasteiger partial charge in [-0.15, -0.1) is 0 Å². The third-order valence-corrected chi connectivity index (χ3v) is 3.90. The molecule has 0 heterocycles. The predicted octanol–water partition coefficient (Wildman–Crippen LogP) is 1.75. The Bertz CT molecular complexity index is 678. The summed E-state index contributed by atoms with van der Waals surface area (Å²) in [4.78, 5) is 22.6. The first-order chi connectivity index (χ1) is 10.4. The van der Waals surface area contributed by atoms with Crippen LogP contribution in [0.25, 0.3) is 0 Å². The van der Waals surface area contributed by atoms with Gasteiger partial charge in [-0.2, -0.15) is 8.78 Å². The molecule has 1 rings (SSSR count). The number of benzene rings is 1. The van der Waals surface area contributed by atoms with Gasteiger partial charge in [0, 0.05) is 5.54 Å². The minimum Gasteiger partial charge on any atom is -0.452 e. The molecule has 0 radical (unpaired) electrons. The lowest BCUT2D eigenvalue weighted by Gasteiger charge is -2.20. The summed E-state index contributed by atoms with van der Waals surface area (Å²) in [7, 11) is -4.71. The fraction of sp³-hybridized carbons (Fsp3) is 0.429. The molecule has 1 amide bonds. The lowest BCUT2D eigenvalue weighted by Crippen LogP contribution is -2.42. The van der Waals surface area contributed by atoms with Gasteiger partial charge in [0.2, 0.25) is 9.84 Å². The first-order valence-electron chi connectivity index (χ1n) is 6.54. The number of amides is 1. The first kappa shape index (κ1) is 19.0. The van der Waals surface area contributed by atoms with Gasteiger partial charge in [-0.1, -0.05) is 0 Å². The van der Waals surface area contributed by atoms with Gasteiger partial charge >= 0.3 is 11.7 Å². The number of alkyl halides is 2. The minimum absolute atomic E-state index is 0.0539. The van der Waals surface area contributed by atoms with Gasteiger partial charge < -0.3 is 10.1 Å². The molecule has 0 aliphatic heterocycles. The largest absolute Gasteiger partial charge is 0.452 e. The number of nitrogens with one attached hydrogen (secondary N) is 1. The number of carbonyl (C=O) groups is 2. The van der Waals surface area contributed by atoms with Crippen LogP contribution in [0.3, 0.4) is 0 Å². The maximum atomic E-state index is 12.4. The predicted molar refractivity (Wildman–Crippen MR) is 77.8 cm³/mol. The number of halogens is 2. The van der Waals surface area contributed by atoms with Crippen molar-refractivity contribution in [2.45, 2.75) is 37.0 Å². The molecule has 9 heteroatoms. The van der Waals surface area contributed by atoms with Gasteiger partial charge in [0.25, 0.3) is 5.91 Å². The van der Waals surface area contributed by atoms with Crippen LogP contribution in [0.15, 0.2) is 29.2 Å². The van der Waals surface area contributed by atoms with Crippen molar-refractivity contribution in [2.24, 2.45) is 0 Å². The zero-order valence-electron chi connectivity index (χ0n) is 12.8. The quantitative estimate of drug-likeness (QED) is 0.818. The SMILES string of the molecule is CC(C)(C)NC(=O)COC(=O)c1ccc(S(=O)(=O)C(F)F)cc1. The molecule has 0 saturated heterocycles. The number of ether oxygens (including phenoxy) is 1. The van der Waals surface area contributed by atoms with E-state index in [9.17, 15) is 26.8 Å². The molecule has 0 bridgehead atoms. The number of hydrogen-bond acceptors (Lipinski definition) is 5. The summed E-state index contributed by atoms with van der Waals surface area (Å²) in [6, 6.07) is 3.85. The third kappa shape index (κ3) is 5.59. The molecule has 0 fully saturated rings. The van der Waals surface area contributed by atoms with Crippen molar-refractivity contribution in [3.63, 3.8) is 0 Å². The van der Waals surface area contributed by atoms with Crippen LogP contribution in [-0.2, 0) is 19.4 Å². The number of carbonyl (C=O) groups excluding carboxylic acids is 2. The van der Waals surface area contributed by atoms with Crippen LogP contribution < -0.4 is 5.32 Å². The van der Waals surface area contributed by atoms with Gasteiger partial charge in [0.1, 0.15) is 0 Å². The second kappa shape index (κ2) is 7.03. The van der Waals surface area contributed by atoms with E-state index >= 15 is 0 Å². The molecular formula is C14H17F2NO5S. The molecule has 0 aliphatic carbocycles. The summed E-state index contributed by atoms with van der Waals surface area (Å²) in [6.45, 7) is 4.77. The van der Waals surface area contributed by atoms with Crippen LogP contribution in [0.4, 0.5) is 8.78 Å². The Kier molecular flexibility index (Phi) is 5.81. The summed E-state index contributed by atoms with van der Waals surface area (Å²) in [5, 5.41) is 2.59. The van der Waals surface area contributed by atoms with E-state index in [2.05, 4.69) is 5.32 Å². The summed E-state index contributed by atoms with van der Waals surface area (Å²) in [5.74, 6) is -4.90. The van der Waals surface area contributed by atoms with E-state index in [1.54, 1.807) is 20.8 Å². The standard InChI is InChI=1S/C14H17F2NO5S/c1-14(2,3)17-11(18)8-22-12(19)9-4-6-10(7-5-9)23(20,21)13(15)16/h4-7,13H,8H2,1-3H3,(H,17,18). The fourth-order valence-electron chi connectivity index (χ4n) is 1.55. The summed E-state index contributed by atoms with van der Waals surface area (Å²) < 4.78 is 52.0. The smallest absolute Gasteiger partial charge is 0.341 e. The molecule has 0 saturated carbocycles. The van der Waals surface area contributed by atoms with E-state index < -0.39 is 44.5 Å². The number of rotatable bonds is 5. The molecule has 1 aromatic carbocycles. The van der Waals surface area contributed by atoms with E-state index in [0.29, 0.717) is 0 Å². The molecule has 1 aromatic rings. The molecule has 0 aromatic heterocycles. The summed E-state index contributed by atoms with van der Waals surface area (Å²) in [5.41, 5.74) is -0.531. The normalized spacial score (nSPS) is 12.1. The molecule has 23 heavy (non-hydrogen) atoms. The van der Waals surface area contributed by atoms with Crippen molar-refractivity contribution < 1.29 is 31.5 Å². The Hall–Kier alpha value is -2.03. The average molecular weight is 349 g/mol. The van der Waals surface area contributed by atoms with E-state index in [-0.39, 0.29) is 5.56 Å². The van der Waals surface area contributed by atoms with Gasteiger partial charge in [0.05, 0.1) is 10.5 Å². The highest BCUT2D eigenvalue weighted by Crippen LogP contribution is 2.18. The third-order valence-electron chi connectivity index (χ3n) is 2.50. The van der Waals surface area contributed by atoms with Crippen molar-refractivity contribution in [1.82, 2.24) is 5.32 Å². The molecule has 0 unspecified atom stereocenters. The lowest BCUT2D eigenvalue weighted by atomic mass is 10.1. The average Bonchev–Trinajstić information content (AvgIpc) is 2.43. The zero-order chi connectivity index (χ0) is 17.8. The highest BCUT2D eigenvalue weighted by atomic mass is 32.2. The molecule has 128 valence electrons. The summed E-state index contributed by atoms with van der Waals surface area (Å²) >= 11 is 0. The highest BCUT2D eigenvalue weighted by molar-refractivity contribution is 7.91. The zero-order valence-corrected chi connectivity index (χ0v) is 13.6. The second-order valence-corrected chi connectivity index (χ2v) is 7.62. The number of sulfone groups is 1. The van der Waals surface area contributed by atoms with Gasteiger partial charge in [-0.05, 0) is 45.0 Å². The topological polar surface area (TPSA) is 89.5 Å². The van der Waals surface area contributed by atoms with Crippen LogP contribution in [-0.4, -0.2) is 38.2 Å². The highest BCUT2D eigenvalue weighted by Gasteiger charge is 2.26. The van der Waals surface area contributed by atoms with Crippen LogP contribution in [0.1, 0.15) is 31.1 Å². The molecule has 0 atom stereocenters. The monoisotopic (exact) mass is 349 g/mol. The van der Waals surface area contributed by atoms with Crippen molar-refractivity contribution >= 4 is 21.7 Å². The fourth-order valence-corrected chi connectivity index (χ4v) is 2.27. The summed E-state index contributed by atoms with van der Waals surface area (Å²) in [6.07, 6.45) is 0. The number of esters is 1. The molecular weight excluding hydrogens is 332 g/mol. The van der Waals surface area contributed by atoms with Crippen molar-refractivity contribution in [3.05, 3.63) is 29.8 Å². The van der Waals surface area contributed by atoms with Crippen molar-refractivity contribution in [1.29, 1.82) is 0 Å². The van der Waals surface area contributed by atoms with Crippen molar-refractivity contribution in [3.8, 4) is 0 Å². The van der Waals surface area contributed by atoms with Gasteiger partial charge in [-0.3, -0.25) is 4.79 Å². The first-order valence-corrected chi connectivity index (χ1v) is 8.08. The Morgan fingerprint density at radius 1 is 1.17 bits per heavy atom. The van der Waals surface area contributed by atoms with Crippen LogP contribution in [0, 0.1) is 0 Å². The van der Waals surface area contributed by atoms with Crippen LogP contribution in [0.2, 0.25) is 0 Å². The Balaban J connectivity index is 2.71. The van der Waals surface area contributed by atoms with E-state index in [4.69, 9.17) is 4.74 Å². The Labute approximate surface area is 132 Å². The van der Waals surface area contributed by atoms with E-state index in [1.807, 2.05) is 0 Å². The van der Waals surface area contributed by atoms with E-state index in [0.717, 1.165) is 24.3 Å². The number of hydrogen-bond donors (Lipinski definition) is 1. The maximum absolute atomic E-state index is 12.4. The van der Waals surface area contributed by atoms with Crippen LogP contribution >= 0.6 is 0 Å². The minimum atomic E-state index is -4.71. The van der Waals surface area contributed by atoms with Crippen LogP contribution in [0.5, 0.6) is 0 Å². The molecule has 0 spiro atoms. The molecule has 1 N–H and O–H groups in total. The van der Waals surface area contributed by atoms with Gasteiger partial charge in [-0.25, -0.2) is 13.2 Å². The van der Waals surface area contributed by atoms with E-state index in [1.165, 1.54) is 0 Å². The lowest BCUT2D eigenvalue weighted by molar-refractivity contribution is -0.125. The molecule has 0 aliphatic rings. The maximum Gasteiger partial charge on any atom is 0.341 e. The molecule has 6 nitrogen and oxygen atoms in total.